The van der Waals surface area contributed by atoms with E-state index in [1.54, 1.807) is 23.1 Å². The van der Waals surface area contributed by atoms with Crippen molar-refractivity contribution < 1.29 is 19.2 Å². The SMILES string of the molecule is CCN1CCN2C(=O)C3(OC(=O)c4ccccc43)C([N+](=O)[O-])=C12. The topological polar surface area (TPSA) is 93.0 Å². The van der Waals surface area contributed by atoms with Gasteiger partial charge in [-0.15, -0.1) is 0 Å². The molecule has 0 N–H and O–H groups in total. The second-order valence-corrected chi connectivity index (χ2v) is 5.58. The van der Waals surface area contributed by atoms with Crippen molar-refractivity contribution >= 4 is 11.9 Å². The molecule has 1 unspecified atom stereocenters. The van der Waals surface area contributed by atoms with E-state index in [1.807, 2.05) is 6.92 Å². The Balaban J connectivity index is 2.03. The number of esters is 1. The molecule has 4 rings (SSSR count). The molecule has 3 heterocycles. The molecule has 0 radical (unpaired) electrons. The summed E-state index contributed by atoms with van der Waals surface area (Å²) in [5.41, 5.74) is -1.87. The number of amides is 1. The summed E-state index contributed by atoms with van der Waals surface area (Å²) >= 11 is 0. The number of carbonyl (C=O) groups is 2. The Hall–Kier alpha value is -2.90. The van der Waals surface area contributed by atoms with Gasteiger partial charge in [0.05, 0.1) is 10.5 Å². The number of hydrogen-bond acceptors (Lipinski definition) is 6. The molecule has 1 amide bonds. The predicted molar refractivity (Wildman–Crippen MR) is 76.5 cm³/mol. The minimum Gasteiger partial charge on any atom is -0.428 e. The Morgan fingerprint density at radius 1 is 1.30 bits per heavy atom. The van der Waals surface area contributed by atoms with Crippen molar-refractivity contribution in [1.82, 2.24) is 9.80 Å². The highest BCUT2D eigenvalue weighted by atomic mass is 16.6. The van der Waals surface area contributed by atoms with Crippen molar-refractivity contribution in [2.75, 3.05) is 19.6 Å². The summed E-state index contributed by atoms with van der Waals surface area (Å²) in [6.45, 7) is 3.27. The van der Waals surface area contributed by atoms with Crippen LogP contribution in [0.1, 0.15) is 22.8 Å². The van der Waals surface area contributed by atoms with Gasteiger partial charge in [0.2, 0.25) is 0 Å². The van der Waals surface area contributed by atoms with Crippen LogP contribution in [0.3, 0.4) is 0 Å². The molecular formula is C15H13N3O5. The van der Waals surface area contributed by atoms with Gasteiger partial charge in [0, 0.05) is 25.2 Å². The number of nitrogens with zero attached hydrogens (tertiary/aromatic N) is 3. The van der Waals surface area contributed by atoms with Crippen LogP contribution in [0.5, 0.6) is 0 Å². The molecule has 8 heteroatoms. The quantitative estimate of drug-likeness (QED) is 0.452. The van der Waals surface area contributed by atoms with Gasteiger partial charge < -0.3 is 9.64 Å². The highest BCUT2D eigenvalue weighted by molar-refractivity contribution is 6.05. The molecule has 0 aliphatic carbocycles. The van der Waals surface area contributed by atoms with Crippen LogP contribution < -0.4 is 0 Å². The Morgan fingerprint density at radius 2 is 2.04 bits per heavy atom. The molecule has 3 aliphatic heterocycles. The third-order valence-electron chi connectivity index (χ3n) is 4.58. The van der Waals surface area contributed by atoms with Gasteiger partial charge in [0.25, 0.3) is 5.91 Å². The van der Waals surface area contributed by atoms with Crippen molar-refractivity contribution in [1.29, 1.82) is 0 Å². The van der Waals surface area contributed by atoms with E-state index in [4.69, 9.17) is 4.74 Å². The van der Waals surface area contributed by atoms with Crippen LogP contribution in [0, 0.1) is 10.1 Å². The van der Waals surface area contributed by atoms with E-state index in [0.717, 1.165) is 0 Å². The number of ether oxygens (including phenoxy) is 1. The molecule has 1 aromatic carbocycles. The van der Waals surface area contributed by atoms with Gasteiger partial charge in [0.15, 0.2) is 5.82 Å². The highest BCUT2D eigenvalue weighted by Gasteiger charge is 2.69. The van der Waals surface area contributed by atoms with Crippen LogP contribution in [0.2, 0.25) is 0 Å². The van der Waals surface area contributed by atoms with Crippen LogP contribution >= 0.6 is 0 Å². The average Bonchev–Trinajstić information content (AvgIpc) is 3.14. The maximum atomic E-state index is 13.0. The number of fused-ring (bicyclic) bond motifs is 3. The fourth-order valence-corrected chi connectivity index (χ4v) is 3.60. The summed E-state index contributed by atoms with van der Waals surface area (Å²) in [6.07, 6.45) is 0. The highest BCUT2D eigenvalue weighted by Crippen LogP contribution is 2.51. The van der Waals surface area contributed by atoms with Crippen molar-refractivity contribution in [2.24, 2.45) is 0 Å². The van der Waals surface area contributed by atoms with E-state index >= 15 is 0 Å². The van der Waals surface area contributed by atoms with E-state index in [1.165, 1.54) is 11.0 Å². The molecule has 1 saturated heterocycles. The molecule has 0 saturated carbocycles. The molecule has 1 fully saturated rings. The smallest absolute Gasteiger partial charge is 0.344 e. The lowest BCUT2D eigenvalue weighted by Crippen LogP contribution is -2.42. The summed E-state index contributed by atoms with van der Waals surface area (Å²) in [4.78, 5) is 39.4. The minimum atomic E-state index is -1.96. The number of nitro groups is 1. The molecule has 1 atom stereocenters. The van der Waals surface area contributed by atoms with E-state index in [9.17, 15) is 19.7 Å². The molecular weight excluding hydrogens is 302 g/mol. The third-order valence-corrected chi connectivity index (χ3v) is 4.58. The largest absolute Gasteiger partial charge is 0.428 e. The zero-order chi connectivity index (χ0) is 16.4. The first kappa shape index (κ1) is 13.7. The van der Waals surface area contributed by atoms with Crippen molar-refractivity contribution in [3.8, 4) is 0 Å². The molecule has 1 aromatic rings. The summed E-state index contributed by atoms with van der Waals surface area (Å²) in [7, 11) is 0. The van der Waals surface area contributed by atoms with Gasteiger partial charge in [-0.1, -0.05) is 18.2 Å². The standard InChI is InChI=1S/C15H13N3O5/c1-2-16-7-8-17-12(16)11(18(21)22)15(14(17)20)10-6-4-3-5-9(10)13(19)23-15/h3-6H,2,7-8H2,1H3. The monoisotopic (exact) mass is 315 g/mol. The lowest BCUT2D eigenvalue weighted by atomic mass is 9.90. The van der Waals surface area contributed by atoms with E-state index in [0.29, 0.717) is 19.6 Å². The molecule has 1 spiro atoms. The zero-order valence-electron chi connectivity index (χ0n) is 12.3. The fraction of sp³-hybridized carbons (Fsp3) is 0.333. The van der Waals surface area contributed by atoms with Crippen LogP contribution in [0.15, 0.2) is 35.8 Å². The first-order valence-electron chi connectivity index (χ1n) is 7.31. The van der Waals surface area contributed by atoms with Crippen molar-refractivity contribution in [3.63, 3.8) is 0 Å². The summed E-state index contributed by atoms with van der Waals surface area (Å²) < 4.78 is 5.34. The molecule has 23 heavy (non-hydrogen) atoms. The van der Waals surface area contributed by atoms with Gasteiger partial charge in [-0.25, -0.2) is 4.79 Å². The molecule has 0 bridgehead atoms. The van der Waals surface area contributed by atoms with Crippen molar-refractivity contribution in [2.45, 2.75) is 12.5 Å². The van der Waals surface area contributed by atoms with Crippen LogP contribution in [-0.4, -0.2) is 46.2 Å². The van der Waals surface area contributed by atoms with Crippen molar-refractivity contribution in [3.05, 3.63) is 57.0 Å². The second kappa shape index (κ2) is 4.31. The summed E-state index contributed by atoms with van der Waals surface area (Å²) in [6, 6.07) is 6.33. The average molecular weight is 315 g/mol. The van der Waals surface area contributed by atoms with E-state index in [-0.39, 0.29) is 22.6 Å². The van der Waals surface area contributed by atoms with Crippen LogP contribution in [-0.2, 0) is 15.1 Å². The zero-order valence-corrected chi connectivity index (χ0v) is 12.3. The maximum Gasteiger partial charge on any atom is 0.344 e. The molecule has 3 aliphatic rings. The lowest BCUT2D eigenvalue weighted by Gasteiger charge is -2.21. The number of benzene rings is 1. The normalized spacial score (nSPS) is 25.3. The number of likely N-dealkylation sites (N-methyl/N-ethyl adjacent to an activating group) is 1. The van der Waals surface area contributed by atoms with E-state index < -0.39 is 22.4 Å². The third kappa shape index (κ3) is 1.45. The number of hydrogen-bond donors (Lipinski definition) is 0. The van der Waals surface area contributed by atoms with Crippen LogP contribution in [0.4, 0.5) is 0 Å². The Labute approximate surface area is 131 Å². The second-order valence-electron chi connectivity index (χ2n) is 5.58. The van der Waals surface area contributed by atoms with Gasteiger partial charge in [-0.3, -0.25) is 19.8 Å². The first-order valence-corrected chi connectivity index (χ1v) is 7.31. The first-order chi connectivity index (χ1) is 11.0. The number of carbonyl (C=O) groups excluding carboxylic acids is 2. The molecule has 118 valence electrons. The molecule has 8 nitrogen and oxygen atoms in total. The van der Waals surface area contributed by atoms with E-state index in [2.05, 4.69) is 0 Å². The van der Waals surface area contributed by atoms with Gasteiger partial charge in [-0.2, -0.15) is 0 Å². The Kier molecular flexibility index (Phi) is 2.58. The summed E-state index contributed by atoms with van der Waals surface area (Å²) in [5, 5.41) is 11.8. The molecule has 0 aromatic heterocycles. The van der Waals surface area contributed by atoms with Crippen LogP contribution in [0.25, 0.3) is 0 Å². The predicted octanol–water partition coefficient (Wildman–Crippen LogP) is 0.676. The van der Waals surface area contributed by atoms with Gasteiger partial charge in [-0.05, 0) is 13.0 Å². The Morgan fingerprint density at radius 3 is 2.74 bits per heavy atom. The van der Waals surface area contributed by atoms with Gasteiger partial charge in [0.1, 0.15) is 0 Å². The number of rotatable bonds is 2. The minimum absolute atomic E-state index is 0.199. The Bertz CT molecular complexity index is 802. The summed E-state index contributed by atoms with van der Waals surface area (Å²) in [5.74, 6) is -1.03. The fourth-order valence-electron chi connectivity index (χ4n) is 3.60. The lowest BCUT2D eigenvalue weighted by molar-refractivity contribution is -0.442. The van der Waals surface area contributed by atoms with Gasteiger partial charge >= 0.3 is 17.3 Å². The maximum absolute atomic E-state index is 13.0.